The lowest BCUT2D eigenvalue weighted by Crippen LogP contribution is -2.50. The number of hydrogen-bond donors (Lipinski definition) is 1. The molecule has 2 fully saturated rings. The summed E-state index contributed by atoms with van der Waals surface area (Å²) in [6.07, 6.45) is 10.3. The fourth-order valence-electron chi connectivity index (χ4n) is 4.89. The second-order valence-corrected chi connectivity index (χ2v) is 8.83. The van der Waals surface area contributed by atoms with E-state index in [1.807, 2.05) is 38.6 Å². The summed E-state index contributed by atoms with van der Waals surface area (Å²) < 4.78 is 1.81. The predicted molar refractivity (Wildman–Crippen MR) is 117 cm³/mol. The number of piperidine rings is 2. The van der Waals surface area contributed by atoms with Gasteiger partial charge in [0.15, 0.2) is 0 Å². The largest absolute Gasteiger partial charge is 0.352 e. The van der Waals surface area contributed by atoms with E-state index in [1.54, 1.807) is 4.68 Å². The van der Waals surface area contributed by atoms with Crippen LogP contribution in [0.25, 0.3) is 0 Å². The summed E-state index contributed by atoms with van der Waals surface area (Å²) in [5.74, 6) is 0.293. The van der Waals surface area contributed by atoms with Crippen LogP contribution in [-0.4, -0.2) is 62.7 Å². The van der Waals surface area contributed by atoms with Gasteiger partial charge in [-0.15, -0.1) is 0 Å². The molecule has 1 N–H and O–H groups in total. The zero-order valence-corrected chi connectivity index (χ0v) is 18.3. The van der Waals surface area contributed by atoms with Crippen molar-refractivity contribution in [2.75, 3.05) is 26.2 Å². The third kappa shape index (κ3) is 5.26. The van der Waals surface area contributed by atoms with E-state index in [0.717, 1.165) is 56.8 Å². The molecule has 1 amide bonds. The fourth-order valence-corrected chi connectivity index (χ4v) is 4.89. The van der Waals surface area contributed by atoms with Crippen LogP contribution in [0, 0.1) is 12.8 Å². The number of nitrogens with zero attached hydrogens (tertiary/aromatic N) is 5. The van der Waals surface area contributed by atoms with Crippen LogP contribution in [0.4, 0.5) is 0 Å². The van der Waals surface area contributed by atoms with E-state index in [0.29, 0.717) is 12.6 Å². The summed E-state index contributed by atoms with van der Waals surface area (Å²) in [5.41, 5.74) is 3.37. The Hall–Kier alpha value is -2.25. The molecule has 7 heteroatoms. The molecule has 30 heavy (non-hydrogen) atoms. The quantitative estimate of drug-likeness (QED) is 0.790. The smallest absolute Gasteiger partial charge is 0.224 e. The number of aromatic nitrogens is 3. The Kier molecular flexibility index (Phi) is 6.79. The first-order chi connectivity index (χ1) is 14.6. The van der Waals surface area contributed by atoms with Crippen molar-refractivity contribution in [1.82, 2.24) is 29.9 Å². The molecule has 0 aromatic carbocycles. The maximum atomic E-state index is 12.8. The summed E-state index contributed by atoms with van der Waals surface area (Å²) in [4.78, 5) is 22.1. The lowest BCUT2D eigenvalue weighted by molar-refractivity contribution is -0.127. The highest BCUT2D eigenvalue weighted by Gasteiger charge is 2.31. The molecule has 162 valence electrons. The van der Waals surface area contributed by atoms with Gasteiger partial charge in [-0.25, -0.2) is 0 Å². The van der Waals surface area contributed by atoms with Gasteiger partial charge in [0.2, 0.25) is 5.91 Å². The molecular formula is C23H34N6O. The van der Waals surface area contributed by atoms with Crippen molar-refractivity contribution in [3.8, 4) is 0 Å². The highest BCUT2D eigenvalue weighted by atomic mass is 16.1. The lowest BCUT2D eigenvalue weighted by Gasteiger charge is -2.42. The SMILES string of the molecule is Cc1nn(C)cc1CNC(=O)[C@@H]1CCCN(C2CCN(Cc3cccnc3)CC2)C1. The van der Waals surface area contributed by atoms with E-state index in [-0.39, 0.29) is 11.8 Å². The highest BCUT2D eigenvalue weighted by Crippen LogP contribution is 2.25. The molecule has 2 aliphatic heterocycles. The molecule has 4 rings (SSSR count). The zero-order valence-electron chi connectivity index (χ0n) is 18.3. The van der Waals surface area contributed by atoms with Crippen LogP contribution < -0.4 is 5.32 Å². The number of pyridine rings is 1. The van der Waals surface area contributed by atoms with Crippen LogP contribution >= 0.6 is 0 Å². The number of nitrogens with one attached hydrogen (secondary N) is 1. The third-order valence-electron chi connectivity index (χ3n) is 6.59. The summed E-state index contributed by atoms with van der Waals surface area (Å²) in [5, 5.41) is 7.50. The third-order valence-corrected chi connectivity index (χ3v) is 6.59. The predicted octanol–water partition coefficient (Wildman–Crippen LogP) is 2.12. The number of carbonyl (C=O) groups is 1. The summed E-state index contributed by atoms with van der Waals surface area (Å²) in [6.45, 7) is 7.80. The Morgan fingerprint density at radius 2 is 2.07 bits per heavy atom. The van der Waals surface area contributed by atoms with Crippen LogP contribution in [0.2, 0.25) is 0 Å². The van der Waals surface area contributed by atoms with Gasteiger partial charge in [0.25, 0.3) is 0 Å². The molecule has 7 nitrogen and oxygen atoms in total. The Morgan fingerprint density at radius 3 is 2.77 bits per heavy atom. The van der Waals surface area contributed by atoms with Crippen LogP contribution in [0.1, 0.15) is 42.5 Å². The van der Waals surface area contributed by atoms with E-state index in [4.69, 9.17) is 0 Å². The Morgan fingerprint density at radius 1 is 1.23 bits per heavy atom. The van der Waals surface area contributed by atoms with E-state index in [2.05, 4.69) is 31.3 Å². The monoisotopic (exact) mass is 410 g/mol. The molecule has 0 spiro atoms. The van der Waals surface area contributed by atoms with Crippen molar-refractivity contribution in [2.45, 2.75) is 51.7 Å². The standard InChI is InChI=1S/C23H34N6O/c1-18-21(16-27(2)26-18)14-25-23(30)20-6-4-10-29(17-20)22-7-11-28(12-8-22)15-19-5-3-9-24-13-19/h3,5,9,13,16,20,22H,4,6-8,10-12,14-15,17H2,1-2H3,(H,25,30)/t20-/m1/s1. The average Bonchev–Trinajstić information content (AvgIpc) is 3.10. The van der Waals surface area contributed by atoms with E-state index >= 15 is 0 Å². The molecule has 0 radical (unpaired) electrons. The number of amides is 1. The molecule has 2 aromatic heterocycles. The molecule has 0 bridgehead atoms. The van der Waals surface area contributed by atoms with E-state index < -0.39 is 0 Å². The summed E-state index contributed by atoms with van der Waals surface area (Å²) in [6, 6.07) is 4.77. The van der Waals surface area contributed by atoms with Crippen molar-refractivity contribution >= 4 is 5.91 Å². The van der Waals surface area contributed by atoms with Gasteiger partial charge in [-0.05, 0) is 63.9 Å². The van der Waals surface area contributed by atoms with Crippen LogP contribution in [0.15, 0.2) is 30.7 Å². The van der Waals surface area contributed by atoms with Crippen LogP contribution in [0.5, 0.6) is 0 Å². The van der Waals surface area contributed by atoms with E-state index in [9.17, 15) is 4.79 Å². The first kappa shape index (κ1) is 21.0. The molecule has 0 saturated carbocycles. The maximum Gasteiger partial charge on any atom is 0.224 e. The summed E-state index contributed by atoms with van der Waals surface area (Å²) in [7, 11) is 1.92. The van der Waals surface area contributed by atoms with E-state index in [1.165, 1.54) is 18.4 Å². The number of aryl methyl sites for hydroxylation is 2. The van der Waals surface area contributed by atoms with Crippen LogP contribution in [0.3, 0.4) is 0 Å². The Labute approximate surface area is 179 Å². The molecule has 0 aliphatic carbocycles. The highest BCUT2D eigenvalue weighted by molar-refractivity contribution is 5.79. The number of carbonyl (C=O) groups excluding carboxylic acids is 1. The van der Waals surface area contributed by atoms with Crippen LogP contribution in [-0.2, 0) is 24.9 Å². The fraction of sp³-hybridized carbons (Fsp3) is 0.609. The molecular weight excluding hydrogens is 376 g/mol. The summed E-state index contributed by atoms with van der Waals surface area (Å²) >= 11 is 0. The molecule has 1 atom stereocenters. The van der Waals surface area contributed by atoms with Gasteiger partial charge in [0, 0.05) is 56.9 Å². The van der Waals surface area contributed by atoms with Gasteiger partial charge in [0.05, 0.1) is 11.6 Å². The van der Waals surface area contributed by atoms with Crippen molar-refractivity contribution in [2.24, 2.45) is 13.0 Å². The normalized spacial score (nSPS) is 21.6. The molecule has 2 saturated heterocycles. The van der Waals surface area contributed by atoms with Gasteiger partial charge in [-0.1, -0.05) is 6.07 Å². The minimum Gasteiger partial charge on any atom is -0.352 e. The van der Waals surface area contributed by atoms with Crippen molar-refractivity contribution < 1.29 is 4.79 Å². The first-order valence-corrected chi connectivity index (χ1v) is 11.2. The number of hydrogen-bond acceptors (Lipinski definition) is 5. The molecule has 2 aliphatic rings. The second kappa shape index (κ2) is 9.71. The van der Waals surface area contributed by atoms with Gasteiger partial charge in [-0.3, -0.25) is 24.3 Å². The Bertz CT molecular complexity index is 827. The molecule has 4 heterocycles. The van der Waals surface area contributed by atoms with Crippen molar-refractivity contribution in [3.63, 3.8) is 0 Å². The van der Waals surface area contributed by atoms with Gasteiger partial charge >= 0.3 is 0 Å². The zero-order chi connectivity index (χ0) is 20.9. The van der Waals surface area contributed by atoms with Crippen molar-refractivity contribution in [3.05, 3.63) is 47.5 Å². The number of rotatable bonds is 6. The minimum atomic E-state index is 0.101. The van der Waals surface area contributed by atoms with Crippen molar-refractivity contribution in [1.29, 1.82) is 0 Å². The lowest BCUT2D eigenvalue weighted by atomic mass is 9.93. The number of likely N-dealkylation sites (tertiary alicyclic amines) is 2. The average molecular weight is 411 g/mol. The maximum absolute atomic E-state index is 12.8. The van der Waals surface area contributed by atoms with Gasteiger partial charge in [0.1, 0.15) is 0 Å². The Balaban J connectivity index is 1.24. The molecule has 0 unspecified atom stereocenters. The second-order valence-electron chi connectivity index (χ2n) is 8.83. The van der Waals surface area contributed by atoms with Gasteiger partial charge in [-0.2, -0.15) is 5.10 Å². The minimum absolute atomic E-state index is 0.101. The topological polar surface area (TPSA) is 66.3 Å². The van der Waals surface area contributed by atoms with Gasteiger partial charge < -0.3 is 5.32 Å². The first-order valence-electron chi connectivity index (χ1n) is 11.2. The molecule has 2 aromatic rings.